The van der Waals surface area contributed by atoms with Gasteiger partial charge in [-0.2, -0.15) is 0 Å². The number of nitrogens with one attached hydrogen (secondary N) is 1. The maximum atomic E-state index is 8.80. The fraction of sp³-hybridized carbons (Fsp3) is 0.800. The maximum absolute atomic E-state index is 8.80. The number of aliphatic hydroxyl groups excluding tert-OH is 1. The highest BCUT2D eigenvalue weighted by Gasteiger charge is 2.05. The van der Waals surface area contributed by atoms with Crippen LogP contribution in [-0.4, -0.2) is 24.8 Å². The lowest BCUT2D eigenvalue weighted by molar-refractivity contribution is 0.249. The van der Waals surface area contributed by atoms with Crippen molar-refractivity contribution in [1.29, 1.82) is 0 Å². The van der Waals surface area contributed by atoms with E-state index >= 15 is 0 Å². The van der Waals surface area contributed by atoms with Crippen molar-refractivity contribution in [2.45, 2.75) is 26.2 Å². The summed E-state index contributed by atoms with van der Waals surface area (Å²) in [6.45, 7) is 7.60. The Labute approximate surface area is 86.0 Å². The van der Waals surface area contributed by atoms with Gasteiger partial charge in [0.1, 0.15) is 0 Å². The van der Waals surface area contributed by atoms with Gasteiger partial charge in [-0.05, 0) is 25.3 Å². The van der Waals surface area contributed by atoms with Crippen molar-refractivity contribution >= 4 is 11.6 Å². The molecule has 0 amide bonds. The van der Waals surface area contributed by atoms with Crippen molar-refractivity contribution < 1.29 is 5.11 Å². The third-order valence-electron chi connectivity index (χ3n) is 1.98. The number of halogens is 1. The molecule has 0 aromatic rings. The molecule has 0 bridgehead atoms. The first-order chi connectivity index (χ1) is 6.20. The Kier molecular flexibility index (Phi) is 8.51. The molecule has 3 heteroatoms. The van der Waals surface area contributed by atoms with E-state index < -0.39 is 0 Å². The van der Waals surface area contributed by atoms with Crippen molar-refractivity contribution in [3.05, 3.63) is 11.6 Å². The molecule has 2 N–H and O–H groups in total. The van der Waals surface area contributed by atoms with Crippen LogP contribution in [0.15, 0.2) is 11.6 Å². The third-order valence-corrected chi connectivity index (χ3v) is 2.12. The molecule has 1 atom stereocenters. The highest BCUT2D eigenvalue weighted by atomic mass is 35.5. The first kappa shape index (κ1) is 12.9. The van der Waals surface area contributed by atoms with Gasteiger partial charge >= 0.3 is 0 Å². The van der Waals surface area contributed by atoms with Crippen molar-refractivity contribution in [3.8, 4) is 0 Å². The Balaban J connectivity index is 3.49. The van der Waals surface area contributed by atoms with Crippen molar-refractivity contribution in [3.63, 3.8) is 0 Å². The van der Waals surface area contributed by atoms with Gasteiger partial charge in [0.2, 0.25) is 0 Å². The van der Waals surface area contributed by atoms with E-state index in [1.54, 1.807) is 0 Å². The van der Waals surface area contributed by atoms with Gasteiger partial charge in [-0.15, -0.1) is 0 Å². The Hall–Kier alpha value is -0.0500. The summed E-state index contributed by atoms with van der Waals surface area (Å²) in [7, 11) is 0. The van der Waals surface area contributed by atoms with E-state index in [1.165, 1.54) is 0 Å². The second-order valence-corrected chi connectivity index (χ2v) is 3.85. The summed E-state index contributed by atoms with van der Waals surface area (Å²) in [5, 5.41) is 12.7. The Bertz CT molecular complexity index is 133. The van der Waals surface area contributed by atoms with Gasteiger partial charge in [-0.3, -0.25) is 0 Å². The van der Waals surface area contributed by atoms with Gasteiger partial charge in [-0.25, -0.2) is 0 Å². The Morgan fingerprint density at radius 3 is 2.69 bits per heavy atom. The van der Waals surface area contributed by atoms with E-state index in [-0.39, 0.29) is 6.61 Å². The second kappa shape index (κ2) is 8.54. The molecule has 1 unspecified atom stereocenters. The molecule has 0 spiro atoms. The van der Waals surface area contributed by atoms with Crippen LogP contribution in [0.4, 0.5) is 0 Å². The van der Waals surface area contributed by atoms with Gasteiger partial charge in [0.05, 0.1) is 0 Å². The van der Waals surface area contributed by atoms with Gasteiger partial charge in [0.25, 0.3) is 0 Å². The van der Waals surface area contributed by atoms with E-state index in [2.05, 4.69) is 18.8 Å². The van der Waals surface area contributed by atoms with Crippen LogP contribution in [0.25, 0.3) is 0 Å². The molecule has 78 valence electrons. The highest BCUT2D eigenvalue weighted by molar-refractivity contribution is 6.29. The van der Waals surface area contributed by atoms with Gasteiger partial charge in [-0.1, -0.05) is 31.5 Å². The molecular weight excluding hydrogens is 186 g/mol. The summed E-state index contributed by atoms with van der Waals surface area (Å²) in [6.07, 6.45) is 3.19. The molecular formula is C10H20ClNO. The lowest BCUT2D eigenvalue weighted by Gasteiger charge is -2.15. The zero-order valence-corrected chi connectivity index (χ0v) is 9.11. The van der Waals surface area contributed by atoms with Crippen molar-refractivity contribution in [1.82, 2.24) is 5.32 Å². The number of hydrogen-bond donors (Lipinski definition) is 2. The van der Waals surface area contributed by atoms with Crippen LogP contribution in [-0.2, 0) is 0 Å². The third kappa shape index (κ3) is 8.28. The van der Waals surface area contributed by atoms with Gasteiger partial charge in [0.15, 0.2) is 0 Å². The molecule has 0 fully saturated rings. The van der Waals surface area contributed by atoms with Crippen LogP contribution in [0.3, 0.4) is 0 Å². The molecule has 0 aromatic carbocycles. The van der Waals surface area contributed by atoms with E-state index in [0.29, 0.717) is 17.5 Å². The fourth-order valence-electron chi connectivity index (χ4n) is 1.35. The zero-order chi connectivity index (χ0) is 10.1. The lowest BCUT2D eigenvalue weighted by Crippen LogP contribution is -2.24. The van der Waals surface area contributed by atoms with Crippen LogP contribution in [0.1, 0.15) is 26.2 Å². The SMILES string of the molecule is C=C(Cl)CNCC(CCC)CCO. The van der Waals surface area contributed by atoms with Crippen LogP contribution < -0.4 is 5.32 Å². The minimum absolute atomic E-state index is 0.272. The normalized spacial score (nSPS) is 12.8. The van der Waals surface area contributed by atoms with E-state index in [9.17, 15) is 0 Å². The topological polar surface area (TPSA) is 32.3 Å². The minimum atomic E-state index is 0.272. The molecule has 0 saturated heterocycles. The predicted molar refractivity (Wildman–Crippen MR) is 58.0 cm³/mol. The van der Waals surface area contributed by atoms with Crippen LogP contribution in [0.2, 0.25) is 0 Å². The first-order valence-electron chi connectivity index (χ1n) is 4.85. The Morgan fingerprint density at radius 1 is 1.54 bits per heavy atom. The average molecular weight is 206 g/mol. The number of rotatable bonds is 8. The standard InChI is InChI=1S/C10H20ClNO/c1-3-4-10(5-6-13)8-12-7-9(2)11/h10,12-13H,2-8H2,1H3. The van der Waals surface area contributed by atoms with Crippen molar-refractivity contribution in [2.75, 3.05) is 19.7 Å². The molecule has 0 rings (SSSR count). The smallest absolute Gasteiger partial charge is 0.0434 e. The molecule has 2 nitrogen and oxygen atoms in total. The Morgan fingerprint density at radius 2 is 2.23 bits per heavy atom. The predicted octanol–water partition coefficient (Wildman–Crippen LogP) is 2.13. The maximum Gasteiger partial charge on any atom is 0.0434 e. The monoisotopic (exact) mass is 205 g/mol. The van der Waals surface area contributed by atoms with E-state index in [4.69, 9.17) is 16.7 Å². The van der Waals surface area contributed by atoms with E-state index in [1.807, 2.05) is 0 Å². The summed E-state index contributed by atoms with van der Waals surface area (Å²) >= 11 is 5.61. The number of hydrogen-bond acceptors (Lipinski definition) is 2. The van der Waals surface area contributed by atoms with E-state index in [0.717, 1.165) is 25.8 Å². The molecule has 0 aliphatic carbocycles. The first-order valence-corrected chi connectivity index (χ1v) is 5.23. The quantitative estimate of drug-likeness (QED) is 0.637. The van der Waals surface area contributed by atoms with Gasteiger partial charge < -0.3 is 10.4 Å². The summed E-state index contributed by atoms with van der Waals surface area (Å²) in [5.74, 6) is 0.561. The average Bonchev–Trinajstić information content (AvgIpc) is 2.04. The fourth-order valence-corrected chi connectivity index (χ4v) is 1.45. The molecule has 0 aromatic heterocycles. The largest absolute Gasteiger partial charge is 0.396 e. The molecule has 0 aliphatic heterocycles. The summed E-state index contributed by atoms with van der Waals surface area (Å²) in [5.41, 5.74) is 0. The lowest BCUT2D eigenvalue weighted by atomic mass is 10.0. The van der Waals surface area contributed by atoms with Crippen LogP contribution in [0, 0.1) is 5.92 Å². The highest BCUT2D eigenvalue weighted by Crippen LogP contribution is 2.09. The minimum Gasteiger partial charge on any atom is -0.396 e. The van der Waals surface area contributed by atoms with Crippen LogP contribution in [0.5, 0.6) is 0 Å². The summed E-state index contributed by atoms with van der Waals surface area (Å²) in [4.78, 5) is 0. The van der Waals surface area contributed by atoms with Crippen LogP contribution >= 0.6 is 11.6 Å². The summed E-state index contributed by atoms with van der Waals surface area (Å²) < 4.78 is 0. The molecule has 0 heterocycles. The second-order valence-electron chi connectivity index (χ2n) is 3.32. The van der Waals surface area contributed by atoms with Gasteiger partial charge in [0, 0.05) is 18.2 Å². The van der Waals surface area contributed by atoms with Crippen molar-refractivity contribution in [2.24, 2.45) is 5.92 Å². The zero-order valence-electron chi connectivity index (χ0n) is 8.35. The summed E-state index contributed by atoms with van der Waals surface area (Å²) in [6, 6.07) is 0. The number of aliphatic hydroxyl groups is 1. The molecule has 0 aliphatic rings. The molecule has 0 saturated carbocycles. The molecule has 13 heavy (non-hydrogen) atoms. The molecule has 0 radical (unpaired) electrons.